The smallest absolute Gasteiger partial charge is 0.256 e. The second-order valence-electron chi connectivity index (χ2n) is 4.32. The summed E-state index contributed by atoms with van der Waals surface area (Å²) in [7, 11) is 1.59. The van der Waals surface area contributed by atoms with Gasteiger partial charge in [0.2, 0.25) is 0 Å². The Hall–Kier alpha value is -2.37. The zero-order valence-corrected chi connectivity index (χ0v) is 10.7. The zero-order chi connectivity index (χ0) is 14.0. The highest BCUT2D eigenvalue weighted by molar-refractivity contribution is 5.98. The molecule has 0 bridgehead atoms. The first-order chi connectivity index (χ1) is 8.97. The molecule has 5 nitrogen and oxygen atoms in total. The van der Waals surface area contributed by atoms with Crippen LogP contribution in [0.15, 0.2) is 28.8 Å². The van der Waals surface area contributed by atoms with Crippen molar-refractivity contribution in [2.75, 3.05) is 12.8 Å². The van der Waals surface area contributed by atoms with Crippen molar-refractivity contribution in [2.45, 2.75) is 13.5 Å². The molecule has 0 radical (unpaired) electrons. The fourth-order valence-corrected chi connectivity index (χ4v) is 1.73. The van der Waals surface area contributed by atoms with E-state index in [9.17, 15) is 9.18 Å². The standard InChI is InChI=1S/C13H14FN3O2/c1-8-5-10(16-19-8)7-17(2)13(18)11-6-9(14)3-4-12(11)15/h3-6H,7,15H2,1-2H3. The summed E-state index contributed by atoms with van der Waals surface area (Å²) in [5.41, 5.74) is 6.69. The van der Waals surface area contributed by atoms with Crippen molar-refractivity contribution in [3.63, 3.8) is 0 Å². The van der Waals surface area contributed by atoms with Crippen LogP contribution in [0.1, 0.15) is 21.8 Å². The Bertz CT molecular complexity index is 610. The lowest BCUT2D eigenvalue weighted by molar-refractivity contribution is 0.0782. The van der Waals surface area contributed by atoms with Gasteiger partial charge in [-0.25, -0.2) is 4.39 Å². The molecule has 1 aromatic carbocycles. The number of carbonyl (C=O) groups is 1. The van der Waals surface area contributed by atoms with E-state index >= 15 is 0 Å². The van der Waals surface area contributed by atoms with Gasteiger partial charge >= 0.3 is 0 Å². The lowest BCUT2D eigenvalue weighted by Crippen LogP contribution is -2.27. The van der Waals surface area contributed by atoms with Crippen LogP contribution in [0.4, 0.5) is 10.1 Å². The van der Waals surface area contributed by atoms with Crippen LogP contribution in [0, 0.1) is 12.7 Å². The first kappa shape index (κ1) is 13.1. The average Bonchev–Trinajstić information content (AvgIpc) is 2.77. The number of anilines is 1. The molecule has 0 aliphatic rings. The minimum Gasteiger partial charge on any atom is -0.398 e. The molecule has 19 heavy (non-hydrogen) atoms. The maximum absolute atomic E-state index is 13.1. The molecule has 100 valence electrons. The number of aryl methyl sites for hydroxylation is 1. The molecule has 0 spiro atoms. The summed E-state index contributed by atoms with van der Waals surface area (Å²) in [5, 5.41) is 3.80. The Kier molecular flexibility index (Phi) is 3.50. The number of nitrogens with zero attached hydrogens (tertiary/aromatic N) is 2. The van der Waals surface area contributed by atoms with Gasteiger partial charge in [0.05, 0.1) is 12.1 Å². The van der Waals surface area contributed by atoms with Crippen LogP contribution in [0.5, 0.6) is 0 Å². The van der Waals surface area contributed by atoms with Crippen LogP contribution in [-0.4, -0.2) is 23.0 Å². The first-order valence-electron chi connectivity index (χ1n) is 5.70. The molecule has 2 N–H and O–H groups in total. The van der Waals surface area contributed by atoms with E-state index in [1.165, 1.54) is 17.0 Å². The van der Waals surface area contributed by atoms with Crippen LogP contribution in [0.2, 0.25) is 0 Å². The molecule has 2 rings (SSSR count). The summed E-state index contributed by atoms with van der Waals surface area (Å²) in [4.78, 5) is 13.6. The molecule has 0 aliphatic carbocycles. The minimum absolute atomic E-state index is 0.141. The van der Waals surface area contributed by atoms with Crippen molar-refractivity contribution in [3.8, 4) is 0 Å². The number of hydrogen-bond acceptors (Lipinski definition) is 4. The second kappa shape index (κ2) is 5.09. The Balaban J connectivity index is 2.16. The molecule has 0 aliphatic heterocycles. The number of benzene rings is 1. The summed E-state index contributed by atoms with van der Waals surface area (Å²) in [5.74, 6) is -0.193. The van der Waals surface area contributed by atoms with Gasteiger partial charge in [-0.3, -0.25) is 4.79 Å². The van der Waals surface area contributed by atoms with Crippen molar-refractivity contribution in [1.82, 2.24) is 10.1 Å². The number of nitrogens with two attached hydrogens (primary N) is 1. The maximum Gasteiger partial charge on any atom is 0.256 e. The summed E-state index contributed by atoms with van der Waals surface area (Å²) in [6.07, 6.45) is 0. The van der Waals surface area contributed by atoms with Gasteiger partial charge in [-0.05, 0) is 25.1 Å². The van der Waals surface area contributed by atoms with Gasteiger partial charge in [0.1, 0.15) is 17.3 Å². The molecule has 0 saturated carbocycles. The summed E-state index contributed by atoms with van der Waals surface area (Å²) in [6, 6.07) is 5.45. The monoisotopic (exact) mass is 263 g/mol. The maximum atomic E-state index is 13.1. The lowest BCUT2D eigenvalue weighted by Gasteiger charge is -2.16. The van der Waals surface area contributed by atoms with E-state index < -0.39 is 5.82 Å². The number of aromatic nitrogens is 1. The van der Waals surface area contributed by atoms with Gasteiger partial charge < -0.3 is 15.2 Å². The molecule has 1 aromatic heterocycles. The average molecular weight is 263 g/mol. The van der Waals surface area contributed by atoms with Gasteiger partial charge in [0.25, 0.3) is 5.91 Å². The largest absolute Gasteiger partial charge is 0.398 e. The van der Waals surface area contributed by atoms with Gasteiger partial charge in [-0.1, -0.05) is 5.16 Å². The number of carbonyl (C=O) groups excluding carboxylic acids is 1. The van der Waals surface area contributed by atoms with Crippen LogP contribution < -0.4 is 5.73 Å². The van der Waals surface area contributed by atoms with Crippen molar-refractivity contribution < 1.29 is 13.7 Å². The van der Waals surface area contributed by atoms with Crippen molar-refractivity contribution in [2.24, 2.45) is 0 Å². The van der Waals surface area contributed by atoms with Crippen LogP contribution in [0.3, 0.4) is 0 Å². The normalized spacial score (nSPS) is 10.5. The van der Waals surface area contributed by atoms with E-state index in [0.29, 0.717) is 11.5 Å². The fraction of sp³-hybridized carbons (Fsp3) is 0.231. The summed E-state index contributed by atoms with van der Waals surface area (Å²) < 4.78 is 18.1. The second-order valence-corrected chi connectivity index (χ2v) is 4.32. The van der Waals surface area contributed by atoms with E-state index in [-0.39, 0.29) is 23.7 Å². The fourth-order valence-electron chi connectivity index (χ4n) is 1.73. The van der Waals surface area contributed by atoms with Crippen molar-refractivity contribution >= 4 is 11.6 Å². The number of rotatable bonds is 3. The first-order valence-corrected chi connectivity index (χ1v) is 5.70. The van der Waals surface area contributed by atoms with E-state index in [2.05, 4.69) is 5.16 Å². The van der Waals surface area contributed by atoms with Gasteiger partial charge in [-0.2, -0.15) is 0 Å². The minimum atomic E-state index is -0.497. The number of amides is 1. The molecule has 1 heterocycles. The van der Waals surface area contributed by atoms with Crippen molar-refractivity contribution in [3.05, 3.63) is 47.1 Å². The molecular formula is C13H14FN3O2. The van der Waals surface area contributed by atoms with Gasteiger partial charge in [0, 0.05) is 18.8 Å². The Morgan fingerprint density at radius 2 is 2.21 bits per heavy atom. The molecule has 1 amide bonds. The topological polar surface area (TPSA) is 72.4 Å². The van der Waals surface area contributed by atoms with E-state index in [4.69, 9.17) is 10.3 Å². The van der Waals surface area contributed by atoms with Crippen LogP contribution in [0.25, 0.3) is 0 Å². The zero-order valence-electron chi connectivity index (χ0n) is 10.7. The number of hydrogen-bond donors (Lipinski definition) is 1. The lowest BCUT2D eigenvalue weighted by atomic mass is 10.1. The third kappa shape index (κ3) is 2.90. The predicted molar refractivity (Wildman–Crippen MR) is 67.8 cm³/mol. The van der Waals surface area contributed by atoms with E-state index in [1.54, 1.807) is 20.0 Å². The van der Waals surface area contributed by atoms with Gasteiger partial charge in [-0.15, -0.1) is 0 Å². The predicted octanol–water partition coefficient (Wildman–Crippen LogP) is 1.98. The Morgan fingerprint density at radius 3 is 2.84 bits per heavy atom. The molecule has 2 aromatic rings. The number of halogens is 1. The van der Waals surface area contributed by atoms with Crippen LogP contribution >= 0.6 is 0 Å². The molecule has 0 unspecified atom stereocenters. The molecule has 0 saturated heterocycles. The third-order valence-electron chi connectivity index (χ3n) is 2.67. The highest BCUT2D eigenvalue weighted by atomic mass is 19.1. The highest BCUT2D eigenvalue weighted by Crippen LogP contribution is 2.16. The summed E-state index contributed by atoms with van der Waals surface area (Å²) >= 11 is 0. The van der Waals surface area contributed by atoms with Crippen molar-refractivity contribution in [1.29, 1.82) is 0 Å². The van der Waals surface area contributed by atoms with E-state index in [1.807, 2.05) is 0 Å². The molecule has 0 fully saturated rings. The summed E-state index contributed by atoms with van der Waals surface area (Å²) in [6.45, 7) is 2.04. The molecular weight excluding hydrogens is 249 g/mol. The molecule has 0 atom stereocenters. The number of nitrogen functional groups attached to an aromatic ring is 1. The SMILES string of the molecule is Cc1cc(CN(C)C(=O)c2cc(F)ccc2N)no1. The van der Waals surface area contributed by atoms with Gasteiger partial charge in [0.15, 0.2) is 0 Å². The van der Waals surface area contributed by atoms with E-state index in [0.717, 1.165) is 6.07 Å². The highest BCUT2D eigenvalue weighted by Gasteiger charge is 2.17. The Morgan fingerprint density at radius 1 is 1.47 bits per heavy atom. The van der Waals surface area contributed by atoms with Crippen LogP contribution in [-0.2, 0) is 6.54 Å². The third-order valence-corrected chi connectivity index (χ3v) is 2.67. The Labute approximate surface area is 109 Å². The molecule has 6 heteroatoms. The quantitative estimate of drug-likeness (QED) is 0.859.